The number of nitrogens with zero attached hydrogens (tertiary/aromatic N) is 4. The number of hydrogen-bond acceptors (Lipinski definition) is 4. The molecule has 9 aromatic carbocycles. The van der Waals surface area contributed by atoms with Gasteiger partial charge in [0.1, 0.15) is 5.52 Å². The van der Waals surface area contributed by atoms with Crippen LogP contribution < -0.4 is 20.6 Å². The zero-order valence-corrected chi connectivity index (χ0v) is 34.2. The van der Waals surface area contributed by atoms with Gasteiger partial charge in [0.05, 0.1) is 11.0 Å². The summed E-state index contributed by atoms with van der Waals surface area (Å²) in [6, 6.07) is 68.4. The van der Waals surface area contributed by atoms with Gasteiger partial charge >= 0.3 is 6.85 Å². The number of fused-ring (bicyclic) bond motifs is 14. The lowest BCUT2D eigenvalue weighted by molar-refractivity contribution is 0.620. The second-order valence-corrected chi connectivity index (χ2v) is 17.5. The first-order valence-corrected chi connectivity index (χ1v) is 21.5. The smallest absolute Gasteiger partial charge is 0.333 e. The van der Waals surface area contributed by atoms with Crippen LogP contribution in [0.3, 0.4) is 0 Å². The average Bonchev–Trinajstić information content (AvgIpc) is 3.90. The quantitative estimate of drug-likeness (QED) is 0.166. The zero-order valence-electron chi connectivity index (χ0n) is 34.2. The Morgan fingerprint density at radius 2 is 1.26 bits per heavy atom. The summed E-state index contributed by atoms with van der Waals surface area (Å²) in [6.07, 6.45) is 0. The molecule has 0 atom stereocenters. The molecule has 0 N–H and O–H groups in total. The normalized spacial score (nSPS) is 14.0. The molecular formula is C56H37BN4O. The second-order valence-electron chi connectivity index (χ2n) is 17.5. The molecule has 0 amide bonds. The third-order valence-corrected chi connectivity index (χ3v) is 13.9. The van der Waals surface area contributed by atoms with Gasteiger partial charge in [-0.1, -0.05) is 129 Å². The molecule has 6 heteroatoms. The molecule has 290 valence electrons. The fraction of sp³-hybridized carbons (Fsp3) is 0.0536. The number of anilines is 5. The Kier molecular flexibility index (Phi) is 6.65. The molecule has 0 fully saturated rings. The zero-order chi connectivity index (χ0) is 40.8. The van der Waals surface area contributed by atoms with Crippen molar-refractivity contribution in [3.63, 3.8) is 0 Å². The summed E-state index contributed by atoms with van der Waals surface area (Å²) in [5, 5.41) is 5.01. The number of hydrogen-bond donors (Lipinski definition) is 0. The highest BCUT2D eigenvalue weighted by Crippen LogP contribution is 2.57. The molecule has 0 aliphatic carbocycles. The van der Waals surface area contributed by atoms with Gasteiger partial charge in [0.15, 0.2) is 5.58 Å². The Morgan fingerprint density at radius 3 is 2.03 bits per heavy atom. The summed E-state index contributed by atoms with van der Waals surface area (Å²) in [5.74, 6) is 0.627. The summed E-state index contributed by atoms with van der Waals surface area (Å²) in [6.45, 7) is 4.63. The highest BCUT2D eigenvalue weighted by molar-refractivity contribution is 6.94. The van der Waals surface area contributed by atoms with Gasteiger partial charge in [-0.2, -0.15) is 0 Å². The Hall–Kier alpha value is -7.83. The summed E-state index contributed by atoms with van der Waals surface area (Å²) >= 11 is 0. The van der Waals surface area contributed by atoms with Crippen molar-refractivity contribution in [3.05, 3.63) is 199 Å². The molecule has 0 spiro atoms. The van der Waals surface area contributed by atoms with Crippen LogP contribution in [-0.4, -0.2) is 16.4 Å². The van der Waals surface area contributed by atoms with Crippen molar-refractivity contribution >= 4 is 89.9 Å². The van der Waals surface area contributed by atoms with E-state index in [4.69, 9.17) is 9.40 Å². The predicted octanol–water partition coefficient (Wildman–Crippen LogP) is 13.1. The van der Waals surface area contributed by atoms with Gasteiger partial charge in [0, 0.05) is 61.4 Å². The van der Waals surface area contributed by atoms with Gasteiger partial charge in [-0.25, -0.2) is 4.98 Å². The van der Waals surface area contributed by atoms with Crippen LogP contribution in [0.15, 0.2) is 192 Å². The molecule has 3 aliphatic heterocycles. The van der Waals surface area contributed by atoms with E-state index in [0.717, 1.165) is 44.9 Å². The van der Waals surface area contributed by atoms with Gasteiger partial charge in [0.25, 0.3) is 0 Å². The van der Waals surface area contributed by atoms with E-state index in [1.54, 1.807) is 0 Å². The SMILES string of the molecule is CC1(C)c2ccccc2N2B3c4cc5oc(-c6ccccc6)nc5cc4-n4c5ccc(N(c6ccccc6)c6ccccc6)cc5c5c6ccccc6c(c3c54)-c3cccc1c32. The lowest BCUT2D eigenvalue weighted by Crippen LogP contribution is -2.62. The lowest BCUT2D eigenvalue weighted by Gasteiger charge is -2.49. The predicted molar refractivity (Wildman–Crippen MR) is 257 cm³/mol. The molecule has 5 heterocycles. The van der Waals surface area contributed by atoms with Crippen molar-refractivity contribution in [2.24, 2.45) is 0 Å². The second kappa shape index (κ2) is 12.1. The Morgan fingerprint density at radius 1 is 0.581 bits per heavy atom. The summed E-state index contributed by atoms with van der Waals surface area (Å²) in [7, 11) is 0. The Bertz CT molecular complexity index is 3650. The van der Waals surface area contributed by atoms with Crippen molar-refractivity contribution in [2.45, 2.75) is 19.3 Å². The van der Waals surface area contributed by atoms with Crippen molar-refractivity contribution < 1.29 is 4.42 Å². The van der Waals surface area contributed by atoms with Gasteiger partial charge in [-0.05, 0) is 111 Å². The van der Waals surface area contributed by atoms with E-state index in [1.165, 1.54) is 71.6 Å². The minimum absolute atomic E-state index is 0.144. The van der Waals surface area contributed by atoms with Crippen LogP contribution in [0.1, 0.15) is 25.0 Å². The van der Waals surface area contributed by atoms with Gasteiger partial charge < -0.3 is 18.7 Å². The van der Waals surface area contributed by atoms with E-state index in [2.05, 4.69) is 198 Å². The number of aromatic nitrogens is 2. The fourth-order valence-electron chi connectivity index (χ4n) is 11.3. The number of oxazole rings is 1. The summed E-state index contributed by atoms with van der Waals surface area (Å²) in [4.78, 5) is 10.2. The molecule has 0 saturated heterocycles. The highest BCUT2D eigenvalue weighted by atomic mass is 16.3. The third kappa shape index (κ3) is 4.35. The monoisotopic (exact) mass is 792 g/mol. The van der Waals surface area contributed by atoms with E-state index in [-0.39, 0.29) is 12.3 Å². The van der Waals surface area contributed by atoms with Gasteiger partial charge in [0.2, 0.25) is 5.89 Å². The van der Waals surface area contributed by atoms with Crippen molar-refractivity contribution in [2.75, 3.05) is 9.71 Å². The Balaban J connectivity index is 1.16. The largest absolute Gasteiger partial charge is 0.436 e. The minimum Gasteiger partial charge on any atom is -0.436 e. The van der Waals surface area contributed by atoms with Crippen LogP contribution in [-0.2, 0) is 5.41 Å². The molecule has 0 unspecified atom stereocenters. The van der Waals surface area contributed by atoms with Crippen molar-refractivity contribution in [3.8, 4) is 28.3 Å². The molecule has 5 nitrogen and oxygen atoms in total. The Labute approximate surface area is 358 Å². The van der Waals surface area contributed by atoms with Crippen LogP contribution >= 0.6 is 0 Å². The van der Waals surface area contributed by atoms with E-state index >= 15 is 0 Å². The standard InChI is InChI=1S/C56H37BN4O/c1-56(2)42-26-14-15-28-47(42)61-53-40(25-16-27-43(53)56)50-38-23-12-13-24-39(38)51-41-31-37(59(35-19-8-4-9-20-35)36-21-10-5-11-22-36)29-30-46(41)60-48-33-45-49(32-44(48)57(61)52(50)54(51)60)62-55(58-45)34-17-6-3-7-18-34/h3-33H,1-2H3. The summed E-state index contributed by atoms with van der Waals surface area (Å²) < 4.78 is 9.27. The molecular weight excluding hydrogens is 755 g/mol. The molecule has 0 bridgehead atoms. The molecule has 0 saturated carbocycles. The van der Waals surface area contributed by atoms with Gasteiger partial charge in [-0.15, -0.1) is 0 Å². The van der Waals surface area contributed by atoms with Gasteiger partial charge in [-0.3, -0.25) is 0 Å². The van der Waals surface area contributed by atoms with Crippen LogP contribution in [0.4, 0.5) is 28.4 Å². The summed E-state index contributed by atoms with van der Waals surface area (Å²) in [5.41, 5.74) is 19.6. The van der Waals surface area contributed by atoms with E-state index in [1.807, 2.05) is 18.2 Å². The van der Waals surface area contributed by atoms with Crippen molar-refractivity contribution in [1.29, 1.82) is 0 Å². The average molecular weight is 793 g/mol. The lowest BCUT2D eigenvalue weighted by atomic mass is 9.42. The van der Waals surface area contributed by atoms with E-state index in [9.17, 15) is 0 Å². The third-order valence-electron chi connectivity index (χ3n) is 13.9. The van der Waals surface area contributed by atoms with Crippen LogP contribution in [0.5, 0.6) is 0 Å². The van der Waals surface area contributed by atoms with Crippen molar-refractivity contribution in [1.82, 2.24) is 9.55 Å². The first kappa shape index (κ1) is 33.9. The molecule has 14 rings (SSSR count). The van der Waals surface area contributed by atoms with E-state index < -0.39 is 0 Å². The van der Waals surface area contributed by atoms with Crippen LogP contribution in [0.25, 0.3) is 71.9 Å². The molecule has 11 aromatic rings. The number of benzene rings is 9. The number of rotatable bonds is 4. The topological polar surface area (TPSA) is 37.4 Å². The van der Waals surface area contributed by atoms with Crippen LogP contribution in [0, 0.1) is 0 Å². The highest BCUT2D eigenvalue weighted by Gasteiger charge is 2.50. The molecule has 62 heavy (non-hydrogen) atoms. The van der Waals surface area contributed by atoms with Crippen LogP contribution in [0.2, 0.25) is 0 Å². The maximum atomic E-state index is 6.72. The van der Waals surface area contributed by atoms with E-state index in [0.29, 0.717) is 5.89 Å². The maximum absolute atomic E-state index is 6.72. The molecule has 2 aromatic heterocycles. The maximum Gasteiger partial charge on any atom is 0.333 e. The minimum atomic E-state index is -0.207. The molecule has 3 aliphatic rings. The first-order chi connectivity index (χ1) is 30.5. The fourth-order valence-corrected chi connectivity index (χ4v) is 11.3. The first-order valence-electron chi connectivity index (χ1n) is 21.5. The molecule has 0 radical (unpaired) electrons. The number of para-hydroxylation sites is 4.